The first kappa shape index (κ1) is 22.3. The van der Waals surface area contributed by atoms with Crippen LogP contribution in [0.3, 0.4) is 0 Å². The minimum absolute atomic E-state index is 0.0308. The Labute approximate surface area is 208 Å². The van der Waals surface area contributed by atoms with E-state index in [0.29, 0.717) is 47.4 Å². The average Bonchev–Trinajstić information content (AvgIpc) is 3.65. The third-order valence-corrected chi connectivity index (χ3v) is 7.70. The molecule has 2 bridgehead atoms. The number of nitriles is 1. The van der Waals surface area contributed by atoms with Crippen LogP contribution in [-0.4, -0.2) is 55.6 Å². The standard InChI is InChI=1S/C27H27N7O2/c1-32-25-20(10-18(11-23(25)36-2)27(35)34-15-17-5-7-21(34)24(17)29)31-26(32)22-8-6-19(12-28)33(22)14-16-4-3-9-30-13-16/h3-4,6,8-11,13,17,21,24H,5,7,14-15,29H2,1-2H3/t17-,21-,24-/m1/s1. The van der Waals surface area contributed by atoms with Crippen molar-refractivity contribution in [2.45, 2.75) is 31.5 Å². The van der Waals surface area contributed by atoms with Crippen LogP contribution in [0, 0.1) is 17.2 Å². The summed E-state index contributed by atoms with van der Waals surface area (Å²) in [5.41, 5.74) is 10.7. The van der Waals surface area contributed by atoms with Crippen LogP contribution >= 0.6 is 0 Å². The molecule has 4 heterocycles. The number of pyridine rings is 1. The van der Waals surface area contributed by atoms with Gasteiger partial charge in [-0.2, -0.15) is 5.26 Å². The molecule has 1 aliphatic heterocycles. The predicted molar refractivity (Wildman–Crippen MR) is 134 cm³/mol. The van der Waals surface area contributed by atoms with Crippen molar-refractivity contribution in [2.24, 2.45) is 18.7 Å². The van der Waals surface area contributed by atoms with E-state index >= 15 is 0 Å². The van der Waals surface area contributed by atoms with E-state index in [4.69, 9.17) is 15.5 Å². The maximum absolute atomic E-state index is 13.5. The van der Waals surface area contributed by atoms with Crippen molar-refractivity contribution < 1.29 is 9.53 Å². The maximum atomic E-state index is 13.5. The highest BCUT2D eigenvalue weighted by atomic mass is 16.5. The number of likely N-dealkylation sites (tertiary alicyclic amines) is 1. The lowest BCUT2D eigenvalue weighted by molar-refractivity contribution is 0.0700. The molecule has 182 valence electrons. The van der Waals surface area contributed by atoms with Crippen molar-refractivity contribution in [3.05, 3.63) is 65.6 Å². The Morgan fingerprint density at radius 1 is 1.28 bits per heavy atom. The molecule has 0 unspecified atom stereocenters. The molecule has 3 atom stereocenters. The summed E-state index contributed by atoms with van der Waals surface area (Å²) >= 11 is 0. The van der Waals surface area contributed by atoms with Crippen molar-refractivity contribution >= 4 is 16.9 Å². The second-order valence-electron chi connectivity index (χ2n) is 9.64. The van der Waals surface area contributed by atoms with Gasteiger partial charge in [0.25, 0.3) is 5.91 Å². The van der Waals surface area contributed by atoms with Gasteiger partial charge >= 0.3 is 0 Å². The first-order valence-corrected chi connectivity index (χ1v) is 12.1. The fraction of sp³-hybridized carbons (Fsp3) is 0.333. The van der Waals surface area contributed by atoms with Gasteiger partial charge in [0, 0.05) is 43.6 Å². The Bertz CT molecular complexity index is 1510. The van der Waals surface area contributed by atoms with E-state index in [0.717, 1.165) is 29.6 Å². The Balaban J connectivity index is 1.43. The summed E-state index contributed by atoms with van der Waals surface area (Å²) in [7, 11) is 3.52. The molecule has 0 radical (unpaired) electrons. The van der Waals surface area contributed by atoms with Gasteiger partial charge in [0.1, 0.15) is 23.0 Å². The molecule has 0 spiro atoms. The zero-order chi connectivity index (χ0) is 25.0. The zero-order valence-electron chi connectivity index (χ0n) is 20.3. The molecule has 1 aliphatic carbocycles. The number of nitrogens with two attached hydrogens (primary N) is 1. The molecule has 2 fully saturated rings. The van der Waals surface area contributed by atoms with Crippen molar-refractivity contribution in [2.75, 3.05) is 13.7 Å². The third kappa shape index (κ3) is 3.37. The number of fused-ring (bicyclic) bond motifs is 3. The average molecular weight is 482 g/mol. The number of rotatable bonds is 5. The first-order valence-electron chi connectivity index (χ1n) is 12.1. The number of ether oxygens (including phenoxy) is 1. The topological polar surface area (TPSA) is 115 Å². The summed E-state index contributed by atoms with van der Waals surface area (Å²) in [6, 6.07) is 13.6. The molecule has 2 N–H and O–H groups in total. The fourth-order valence-corrected chi connectivity index (χ4v) is 5.87. The lowest BCUT2D eigenvalue weighted by Crippen LogP contribution is -2.41. The molecule has 1 saturated heterocycles. The van der Waals surface area contributed by atoms with Crippen LogP contribution in [0.25, 0.3) is 22.6 Å². The van der Waals surface area contributed by atoms with Crippen molar-refractivity contribution in [1.29, 1.82) is 5.26 Å². The van der Waals surface area contributed by atoms with Crippen LogP contribution < -0.4 is 10.5 Å². The molecule has 1 saturated carbocycles. The molecular weight excluding hydrogens is 454 g/mol. The van der Waals surface area contributed by atoms with Crippen molar-refractivity contribution in [3.8, 4) is 23.3 Å². The van der Waals surface area contributed by atoms with E-state index in [1.54, 1.807) is 31.6 Å². The molecule has 4 aromatic rings. The second-order valence-corrected chi connectivity index (χ2v) is 9.64. The van der Waals surface area contributed by atoms with E-state index < -0.39 is 0 Å². The third-order valence-electron chi connectivity index (χ3n) is 7.70. The fourth-order valence-electron chi connectivity index (χ4n) is 5.87. The smallest absolute Gasteiger partial charge is 0.254 e. The number of benzene rings is 1. The molecular formula is C27H27N7O2. The summed E-state index contributed by atoms with van der Waals surface area (Å²) in [6.07, 6.45) is 5.56. The second kappa shape index (κ2) is 8.50. The summed E-state index contributed by atoms with van der Waals surface area (Å²) in [4.78, 5) is 24.5. The molecule has 9 nitrogen and oxygen atoms in total. The molecule has 3 aromatic heterocycles. The number of piperidine rings is 1. The molecule has 2 aliphatic rings. The highest BCUT2D eigenvalue weighted by molar-refractivity contribution is 6.00. The van der Waals surface area contributed by atoms with E-state index in [-0.39, 0.29) is 18.0 Å². The zero-order valence-corrected chi connectivity index (χ0v) is 20.3. The molecule has 36 heavy (non-hydrogen) atoms. The SMILES string of the molecule is COc1cc(C(=O)N2C[C@H]3CC[C@@H]2[C@@H]3N)cc2nc(-c3ccc(C#N)n3Cc3cccnc3)n(C)c12. The number of carbonyl (C=O) groups is 1. The number of nitrogens with zero attached hydrogens (tertiary/aromatic N) is 6. The van der Waals surface area contributed by atoms with E-state index in [2.05, 4.69) is 11.1 Å². The number of imidazole rings is 1. The lowest BCUT2D eigenvalue weighted by atomic mass is 10.1. The van der Waals surface area contributed by atoms with Gasteiger partial charge in [-0.05, 0) is 54.7 Å². The highest BCUT2D eigenvalue weighted by Crippen LogP contribution is 2.39. The maximum Gasteiger partial charge on any atom is 0.254 e. The van der Waals surface area contributed by atoms with Gasteiger partial charge in [-0.3, -0.25) is 9.78 Å². The summed E-state index contributed by atoms with van der Waals surface area (Å²) in [5.74, 6) is 1.61. The quantitative estimate of drug-likeness (QED) is 0.469. The van der Waals surface area contributed by atoms with E-state index in [9.17, 15) is 10.1 Å². The van der Waals surface area contributed by atoms with E-state index in [1.807, 2.05) is 45.3 Å². The normalized spacial score (nSPS) is 20.7. The van der Waals surface area contributed by atoms with Gasteiger partial charge in [0.2, 0.25) is 0 Å². The van der Waals surface area contributed by atoms with Crippen LogP contribution in [0.4, 0.5) is 0 Å². The minimum atomic E-state index is -0.0308. The van der Waals surface area contributed by atoms with Crippen LogP contribution in [0.5, 0.6) is 5.75 Å². The summed E-state index contributed by atoms with van der Waals surface area (Å²) in [5, 5.41) is 9.73. The Hall–Kier alpha value is -4.16. The number of aryl methyl sites for hydroxylation is 1. The largest absolute Gasteiger partial charge is 0.494 e. The molecule has 1 amide bonds. The lowest BCUT2D eigenvalue weighted by Gasteiger charge is -2.27. The van der Waals surface area contributed by atoms with Gasteiger partial charge in [-0.1, -0.05) is 6.07 Å². The van der Waals surface area contributed by atoms with Gasteiger partial charge in [0.05, 0.1) is 24.9 Å². The predicted octanol–water partition coefficient (Wildman–Crippen LogP) is 2.93. The summed E-state index contributed by atoms with van der Waals surface area (Å²) in [6.45, 7) is 1.19. The van der Waals surface area contributed by atoms with Crippen molar-refractivity contribution in [3.63, 3.8) is 0 Å². The number of carbonyl (C=O) groups excluding carboxylic acids is 1. The van der Waals surface area contributed by atoms with Crippen LogP contribution in [-0.2, 0) is 13.6 Å². The molecule has 1 aromatic carbocycles. The Morgan fingerprint density at radius 3 is 2.81 bits per heavy atom. The van der Waals surface area contributed by atoms with Crippen LogP contribution in [0.2, 0.25) is 0 Å². The number of hydrogen-bond donors (Lipinski definition) is 1. The first-order chi connectivity index (χ1) is 17.5. The molecule has 6 rings (SSSR count). The van der Waals surface area contributed by atoms with Gasteiger partial charge in [-0.15, -0.1) is 0 Å². The van der Waals surface area contributed by atoms with Crippen molar-refractivity contribution in [1.82, 2.24) is 24.0 Å². The Kier molecular flexibility index (Phi) is 5.27. The van der Waals surface area contributed by atoms with E-state index in [1.165, 1.54) is 0 Å². The number of hydrogen-bond acceptors (Lipinski definition) is 6. The minimum Gasteiger partial charge on any atom is -0.494 e. The Morgan fingerprint density at radius 2 is 2.14 bits per heavy atom. The van der Waals surface area contributed by atoms with Gasteiger partial charge in [0.15, 0.2) is 5.82 Å². The number of amides is 1. The molecule has 9 heteroatoms. The monoisotopic (exact) mass is 481 g/mol. The van der Waals surface area contributed by atoms with Crippen LogP contribution in [0.1, 0.15) is 34.5 Å². The number of aromatic nitrogens is 4. The highest BCUT2D eigenvalue weighted by Gasteiger charge is 2.47. The van der Waals surface area contributed by atoms with Gasteiger partial charge < -0.3 is 24.5 Å². The summed E-state index contributed by atoms with van der Waals surface area (Å²) < 4.78 is 9.60. The number of methoxy groups -OCH3 is 1. The van der Waals surface area contributed by atoms with Gasteiger partial charge in [-0.25, -0.2) is 4.98 Å². The van der Waals surface area contributed by atoms with Crippen LogP contribution in [0.15, 0.2) is 48.8 Å².